The van der Waals surface area contributed by atoms with Crippen molar-refractivity contribution in [1.82, 2.24) is 5.32 Å². The summed E-state index contributed by atoms with van der Waals surface area (Å²) in [5, 5.41) is 3.43. The van der Waals surface area contributed by atoms with Crippen LogP contribution in [0.4, 0.5) is 0 Å². The molecule has 0 bridgehead atoms. The summed E-state index contributed by atoms with van der Waals surface area (Å²) in [4.78, 5) is 0. The van der Waals surface area contributed by atoms with Gasteiger partial charge >= 0.3 is 67.3 Å². The molecule has 9 heavy (non-hydrogen) atoms. The number of hydrogen-bond donors (Lipinski definition) is 1. The summed E-state index contributed by atoms with van der Waals surface area (Å²) in [5.74, 6) is 0. The molecule has 0 saturated carbocycles. The van der Waals surface area contributed by atoms with E-state index in [1.54, 1.807) is 19.4 Å². The van der Waals surface area contributed by atoms with E-state index in [1.807, 2.05) is 0 Å². The molecule has 2 heteroatoms. The van der Waals surface area contributed by atoms with Crippen LogP contribution < -0.4 is 5.32 Å². The Balaban J connectivity index is 2.44. The van der Waals surface area contributed by atoms with E-state index >= 15 is 0 Å². The van der Waals surface area contributed by atoms with Gasteiger partial charge in [-0.15, -0.1) is 0 Å². The molecule has 0 aromatic heterocycles. The van der Waals surface area contributed by atoms with Crippen molar-refractivity contribution in [2.75, 3.05) is 6.54 Å². The maximum absolute atomic E-state index is 3.43. The van der Waals surface area contributed by atoms with E-state index in [4.69, 9.17) is 0 Å². The topological polar surface area (TPSA) is 12.0 Å². The Labute approximate surface area is 67.6 Å². The fourth-order valence-corrected chi connectivity index (χ4v) is 1.59. The van der Waals surface area contributed by atoms with Gasteiger partial charge in [0.2, 0.25) is 0 Å². The zero-order valence-corrected chi connectivity index (χ0v) is 8.96. The van der Waals surface area contributed by atoms with Crippen molar-refractivity contribution in [3.8, 4) is 0 Å². The van der Waals surface area contributed by atoms with Crippen LogP contribution in [0.1, 0.15) is 26.7 Å². The first-order chi connectivity index (χ1) is 4.10. The molecule has 0 aromatic carbocycles. The summed E-state index contributed by atoms with van der Waals surface area (Å²) in [6.07, 6.45) is 2.65. The first-order valence-electron chi connectivity index (χ1n) is 3.37. The zero-order valence-electron chi connectivity index (χ0n) is 6.03. The Bertz CT molecular complexity index is 117. The molecule has 1 rings (SSSR count). The standard InChI is InChI=1S/C7H13N.W/c1-7(2)4-3-5-8-6-7;/h8H,3-4,6H2,1-2H3;. The number of nitrogens with one attached hydrogen (secondary N) is 1. The molecular formula is C7H13NW. The molecule has 1 heterocycles. The van der Waals surface area contributed by atoms with Crippen LogP contribution in [-0.4, -0.2) is 10.6 Å². The molecule has 1 nitrogen and oxygen atoms in total. The molecule has 0 radical (unpaired) electrons. The van der Waals surface area contributed by atoms with Gasteiger partial charge in [0.25, 0.3) is 0 Å². The van der Waals surface area contributed by atoms with Gasteiger partial charge in [-0.2, -0.15) is 0 Å². The molecule has 1 aliphatic rings. The molecular weight excluding hydrogens is 282 g/mol. The summed E-state index contributed by atoms with van der Waals surface area (Å²) < 4.78 is 1.54. The second-order valence-electron chi connectivity index (χ2n) is 3.44. The molecule has 1 aliphatic heterocycles. The van der Waals surface area contributed by atoms with Crippen LogP contribution >= 0.6 is 0 Å². The van der Waals surface area contributed by atoms with E-state index in [1.165, 1.54) is 23.4 Å². The quantitative estimate of drug-likeness (QED) is 0.705. The predicted molar refractivity (Wildman–Crippen MR) is 36.0 cm³/mol. The summed E-state index contributed by atoms with van der Waals surface area (Å²) >= 11 is 1.61. The Morgan fingerprint density at radius 1 is 1.56 bits per heavy atom. The first kappa shape index (κ1) is 7.62. The second kappa shape index (κ2) is 2.63. The molecule has 52 valence electrons. The van der Waals surface area contributed by atoms with Crippen LogP contribution in [-0.2, 0) is 19.4 Å². The van der Waals surface area contributed by atoms with Crippen molar-refractivity contribution in [2.45, 2.75) is 26.7 Å². The van der Waals surface area contributed by atoms with Gasteiger partial charge in [-0.05, 0) is 0 Å². The Morgan fingerprint density at radius 3 is 2.56 bits per heavy atom. The van der Waals surface area contributed by atoms with E-state index in [0.717, 1.165) is 0 Å². The molecule has 0 spiro atoms. The van der Waals surface area contributed by atoms with Gasteiger partial charge < -0.3 is 0 Å². The average molecular weight is 295 g/mol. The fourth-order valence-electron chi connectivity index (χ4n) is 0.967. The van der Waals surface area contributed by atoms with Crippen molar-refractivity contribution < 1.29 is 19.4 Å². The molecule has 0 amide bonds. The van der Waals surface area contributed by atoms with Crippen LogP contribution in [0.25, 0.3) is 0 Å². The molecule has 1 N–H and O–H groups in total. The summed E-state index contributed by atoms with van der Waals surface area (Å²) in [6, 6.07) is 0. The third-order valence-corrected chi connectivity index (χ3v) is 3.04. The van der Waals surface area contributed by atoms with Crippen molar-refractivity contribution in [1.29, 1.82) is 0 Å². The summed E-state index contributed by atoms with van der Waals surface area (Å²) in [5.41, 5.74) is 0.541. The molecule has 0 aromatic rings. The van der Waals surface area contributed by atoms with Gasteiger partial charge in [0, 0.05) is 0 Å². The van der Waals surface area contributed by atoms with E-state index in [9.17, 15) is 0 Å². The van der Waals surface area contributed by atoms with E-state index in [2.05, 4.69) is 19.2 Å². The van der Waals surface area contributed by atoms with Crippen molar-refractivity contribution in [3.05, 3.63) is 0 Å². The van der Waals surface area contributed by atoms with E-state index in [-0.39, 0.29) is 0 Å². The Kier molecular flexibility index (Phi) is 2.23. The molecule has 0 unspecified atom stereocenters. The number of piperidine rings is 1. The van der Waals surface area contributed by atoms with Crippen LogP contribution in [0.15, 0.2) is 0 Å². The predicted octanol–water partition coefficient (Wildman–Crippen LogP) is 1.07. The summed E-state index contributed by atoms with van der Waals surface area (Å²) in [6.45, 7) is 5.81. The zero-order chi connectivity index (χ0) is 6.91. The molecule has 1 fully saturated rings. The van der Waals surface area contributed by atoms with Gasteiger partial charge in [-0.1, -0.05) is 0 Å². The van der Waals surface area contributed by atoms with Crippen LogP contribution in [0.5, 0.6) is 0 Å². The minimum absolute atomic E-state index is 0.541. The minimum atomic E-state index is 0.541. The maximum atomic E-state index is 3.43. The number of rotatable bonds is 0. The van der Waals surface area contributed by atoms with E-state index < -0.39 is 0 Å². The average Bonchev–Trinajstić information content (AvgIpc) is 1.78. The van der Waals surface area contributed by atoms with Crippen LogP contribution in [0, 0.1) is 5.41 Å². The summed E-state index contributed by atoms with van der Waals surface area (Å²) in [7, 11) is 0. The van der Waals surface area contributed by atoms with Crippen molar-refractivity contribution in [3.63, 3.8) is 0 Å². The SMILES string of the molecule is CC1(C)CC[C](=[W])NC1. The molecule has 0 aliphatic carbocycles. The van der Waals surface area contributed by atoms with E-state index in [0.29, 0.717) is 5.41 Å². The second-order valence-corrected chi connectivity index (χ2v) is 5.21. The third-order valence-electron chi connectivity index (χ3n) is 1.79. The van der Waals surface area contributed by atoms with Gasteiger partial charge in [0.05, 0.1) is 0 Å². The molecule has 1 saturated heterocycles. The fraction of sp³-hybridized carbons (Fsp3) is 0.857. The van der Waals surface area contributed by atoms with Gasteiger partial charge in [0.15, 0.2) is 0 Å². The normalized spacial score (nSPS) is 26.2. The number of hydrogen-bond acceptors (Lipinski definition) is 1. The Morgan fingerprint density at radius 2 is 2.22 bits per heavy atom. The van der Waals surface area contributed by atoms with Crippen LogP contribution in [0.3, 0.4) is 0 Å². The van der Waals surface area contributed by atoms with Gasteiger partial charge in [-0.25, -0.2) is 0 Å². The molecule has 0 atom stereocenters. The van der Waals surface area contributed by atoms with Gasteiger partial charge in [0.1, 0.15) is 0 Å². The Hall–Kier alpha value is 0.518. The van der Waals surface area contributed by atoms with Crippen molar-refractivity contribution in [2.24, 2.45) is 5.41 Å². The third kappa shape index (κ3) is 2.31. The van der Waals surface area contributed by atoms with Gasteiger partial charge in [-0.3, -0.25) is 0 Å². The van der Waals surface area contributed by atoms with Crippen LogP contribution in [0.2, 0.25) is 0 Å². The monoisotopic (exact) mass is 295 g/mol. The first-order valence-corrected chi connectivity index (χ1v) is 4.84. The van der Waals surface area contributed by atoms with Crippen molar-refractivity contribution >= 4 is 4.02 Å².